The van der Waals surface area contributed by atoms with E-state index in [4.69, 9.17) is 27.9 Å². The summed E-state index contributed by atoms with van der Waals surface area (Å²) < 4.78 is 32.4. The van der Waals surface area contributed by atoms with Crippen molar-refractivity contribution in [3.63, 3.8) is 0 Å². The number of aliphatic carboxylic acids is 1. The van der Waals surface area contributed by atoms with Gasteiger partial charge in [-0.2, -0.15) is 0 Å². The van der Waals surface area contributed by atoms with Gasteiger partial charge in [0.2, 0.25) is 10.0 Å². The number of carboxylic acids is 1. The Hall–Kier alpha value is -2.49. The van der Waals surface area contributed by atoms with Gasteiger partial charge in [-0.3, -0.25) is 9.52 Å². The molecule has 0 saturated heterocycles. The molecule has 0 aliphatic heterocycles. The number of benzene rings is 2. The molecule has 1 amide bonds. The van der Waals surface area contributed by atoms with Crippen LogP contribution in [0.3, 0.4) is 0 Å². The highest BCUT2D eigenvalue weighted by atomic mass is 35.5. The average molecular weight is 572 g/mol. The number of rotatable bonds is 7. The van der Waals surface area contributed by atoms with E-state index in [9.17, 15) is 23.1 Å². The van der Waals surface area contributed by atoms with E-state index in [2.05, 4.69) is 4.72 Å². The summed E-state index contributed by atoms with van der Waals surface area (Å²) in [7, 11) is -2.00. The van der Waals surface area contributed by atoms with Crippen molar-refractivity contribution >= 4 is 51.0 Å². The number of aryl methyl sites for hydroxylation is 1. The number of hydrogen-bond acceptors (Lipinski definition) is 5. The van der Waals surface area contributed by atoms with Crippen LogP contribution in [0.4, 0.5) is 10.5 Å². The lowest BCUT2D eigenvalue weighted by Crippen LogP contribution is -2.38. The van der Waals surface area contributed by atoms with E-state index in [1.165, 1.54) is 4.90 Å². The molecule has 1 aliphatic carbocycles. The van der Waals surface area contributed by atoms with E-state index < -0.39 is 33.7 Å². The number of halogens is 2. The third kappa shape index (κ3) is 7.52. The van der Waals surface area contributed by atoms with Gasteiger partial charge in [0.1, 0.15) is 5.60 Å². The molecule has 0 radical (unpaired) electrons. The average Bonchev–Trinajstić information content (AvgIpc) is 2.76. The number of nitrogens with one attached hydrogen (secondary N) is 1. The Labute approximate surface area is 227 Å². The van der Waals surface area contributed by atoms with E-state index in [1.807, 2.05) is 12.1 Å². The zero-order chi connectivity index (χ0) is 27.7. The molecule has 1 aliphatic rings. The van der Waals surface area contributed by atoms with Gasteiger partial charge in [-0.05, 0) is 80.5 Å². The molecule has 202 valence electrons. The third-order valence-electron chi connectivity index (χ3n) is 6.17. The smallest absolute Gasteiger partial charge is 0.410 e. The van der Waals surface area contributed by atoms with Crippen molar-refractivity contribution in [3.8, 4) is 0 Å². The second-order valence-electron chi connectivity index (χ2n) is 10.3. The molecular formula is C26H32Cl2N2O6S. The zero-order valence-electron chi connectivity index (χ0n) is 21.5. The lowest BCUT2D eigenvalue weighted by atomic mass is 9.75. The summed E-state index contributed by atoms with van der Waals surface area (Å²) in [5.74, 6) is -1.12. The number of ether oxygens (including phenoxy) is 1. The molecule has 3 rings (SSSR count). The van der Waals surface area contributed by atoms with Gasteiger partial charge >= 0.3 is 12.1 Å². The lowest BCUT2D eigenvalue weighted by Gasteiger charge is -2.38. The second-order valence-corrected chi connectivity index (χ2v) is 12.9. The summed E-state index contributed by atoms with van der Waals surface area (Å²) in [6.07, 6.45) is 1.75. The highest BCUT2D eigenvalue weighted by Crippen LogP contribution is 2.46. The van der Waals surface area contributed by atoms with Gasteiger partial charge in [0.05, 0.1) is 28.0 Å². The molecule has 0 heterocycles. The van der Waals surface area contributed by atoms with Gasteiger partial charge in [0, 0.05) is 19.4 Å². The van der Waals surface area contributed by atoms with Crippen molar-refractivity contribution in [2.75, 3.05) is 18.0 Å². The number of carboxylic acid groups (broad SMARTS) is 1. The molecular weight excluding hydrogens is 539 g/mol. The van der Waals surface area contributed by atoms with Crippen molar-refractivity contribution in [3.05, 3.63) is 62.6 Å². The number of amides is 1. The van der Waals surface area contributed by atoms with Gasteiger partial charge < -0.3 is 14.7 Å². The number of hydrogen-bond donors (Lipinski definition) is 2. The van der Waals surface area contributed by atoms with Crippen molar-refractivity contribution < 1.29 is 27.9 Å². The molecule has 0 aromatic heterocycles. The van der Waals surface area contributed by atoms with Crippen LogP contribution in [-0.4, -0.2) is 49.4 Å². The first-order valence-electron chi connectivity index (χ1n) is 11.8. The molecule has 0 unspecified atom stereocenters. The maximum absolute atomic E-state index is 13.0. The number of fused-ring (bicyclic) bond motifs is 1. The summed E-state index contributed by atoms with van der Waals surface area (Å²) in [5.41, 5.74) is 2.69. The molecule has 8 nitrogen and oxygen atoms in total. The van der Waals surface area contributed by atoms with Crippen LogP contribution in [0.25, 0.3) is 0 Å². The summed E-state index contributed by atoms with van der Waals surface area (Å²) in [6, 6.07) is 8.58. The van der Waals surface area contributed by atoms with Gasteiger partial charge in [-0.15, -0.1) is 0 Å². The number of carbonyl (C=O) groups is 2. The van der Waals surface area contributed by atoms with Crippen LogP contribution in [0.5, 0.6) is 0 Å². The van der Waals surface area contributed by atoms with Gasteiger partial charge in [-0.1, -0.05) is 35.3 Å². The SMILES string of the molecule is CN(C(=O)OC(C)(C)C)[C@H]1CC[C@@H](c2ccc(Cl)c(Cl)c2)c2cc(CCC(=O)O)c(NS(C)(=O)=O)cc21. The van der Waals surface area contributed by atoms with Crippen LogP contribution in [-0.2, 0) is 26.0 Å². The number of nitrogens with zero attached hydrogens (tertiary/aromatic N) is 1. The quantitative estimate of drug-likeness (QED) is 0.408. The molecule has 0 bridgehead atoms. The fourth-order valence-corrected chi connectivity index (χ4v) is 5.48. The second kappa shape index (κ2) is 11.1. The maximum atomic E-state index is 13.0. The first kappa shape index (κ1) is 29.1. The van der Waals surface area contributed by atoms with Gasteiger partial charge in [-0.25, -0.2) is 13.2 Å². The molecule has 2 N–H and O–H groups in total. The van der Waals surface area contributed by atoms with E-state index in [-0.39, 0.29) is 18.8 Å². The van der Waals surface area contributed by atoms with Crippen LogP contribution in [0, 0.1) is 0 Å². The summed E-state index contributed by atoms with van der Waals surface area (Å²) >= 11 is 12.5. The van der Waals surface area contributed by atoms with E-state index in [0.717, 1.165) is 22.9 Å². The highest BCUT2D eigenvalue weighted by molar-refractivity contribution is 7.92. The topological polar surface area (TPSA) is 113 Å². The lowest BCUT2D eigenvalue weighted by molar-refractivity contribution is -0.136. The monoisotopic (exact) mass is 570 g/mol. The minimum atomic E-state index is -3.65. The largest absolute Gasteiger partial charge is 0.481 e. The molecule has 11 heteroatoms. The minimum absolute atomic E-state index is 0.121. The van der Waals surface area contributed by atoms with Crippen molar-refractivity contribution in [1.82, 2.24) is 4.90 Å². The van der Waals surface area contributed by atoms with Gasteiger partial charge in [0.25, 0.3) is 0 Å². The van der Waals surface area contributed by atoms with E-state index >= 15 is 0 Å². The van der Waals surface area contributed by atoms with Crippen LogP contribution in [0.1, 0.15) is 74.2 Å². The fraction of sp³-hybridized carbons (Fsp3) is 0.462. The zero-order valence-corrected chi connectivity index (χ0v) is 23.8. The normalized spacial score (nSPS) is 17.6. The Morgan fingerprint density at radius 3 is 2.35 bits per heavy atom. The van der Waals surface area contributed by atoms with Crippen LogP contribution in [0.2, 0.25) is 10.0 Å². The Morgan fingerprint density at radius 2 is 1.78 bits per heavy atom. The Morgan fingerprint density at radius 1 is 1.11 bits per heavy atom. The van der Waals surface area contributed by atoms with E-state index in [1.54, 1.807) is 46.0 Å². The summed E-state index contributed by atoms with van der Waals surface area (Å²) in [4.78, 5) is 25.8. The molecule has 2 atom stereocenters. The minimum Gasteiger partial charge on any atom is -0.481 e. The molecule has 2 aromatic rings. The maximum Gasteiger partial charge on any atom is 0.410 e. The molecule has 37 heavy (non-hydrogen) atoms. The summed E-state index contributed by atoms with van der Waals surface area (Å²) in [6.45, 7) is 5.37. The first-order valence-corrected chi connectivity index (χ1v) is 14.5. The predicted octanol–water partition coefficient (Wildman–Crippen LogP) is 6.22. The molecule has 0 fully saturated rings. The van der Waals surface area contributed by atoms with E-state index in [0.29, 0.717) is 34.1 Å². The molecule has 0 saturated carbocycles. The third-order valence-corrected chi connectivity index (χ3v) is 7.50. The predicted molar refractivity (Wildman–Crippen MR) is 145 cm³/mol. The summed E-state index contributed by atoms with van der Waals surface area (Å²) in [5, 5.41) is 10.1. The van der Waals surface area contributed by atoms with Gasteiger partial charge in [0.15, 0.2) is 0 Å². The highest BCUT2D eigenvalue weighted by Gasteiger charge is 2.35. The fourth-order valence-electron chi connectivity index (χ4n) is 4.59. The molecule has 2 aromatic carbocycles. The Kier molecular flexibility index (Phi) is 8.71. The van der Waals surface area contributed by atoms with Crippen molar-refractivity contribution in [1.29, 1.82) is 0 Å². The number of sulfonamides is 1. The number of anilines is 1. The Balaban J connectivity index is 2.18. The van der Waals surface area contributed by atoms with Crippen molar-refractivity contribution in [2.24, 2.45) is 0 Å². The van der Waals surface area contributed by atoms with Crippen molar-refractivity contribution in [2.45, 2.75) is 64.0 Å². The number of carbonyl (C=O) groups excluding carboxylic acids is 1. The Bertz CT molecular complexity index is 1310. The first-order chi connectivity index (χ1) is 17.1. The van der Waals surface area contributed by atoms with Crippen LogP contribution in [0.15, 0.2) is 30.3 Å². The molecule has 0 spiro atoms. The van der Waals surface area contributed by atoms with Crippen LogP contribution < -0.4 is 4.72 Å². The standard InChI is InChI=1S/C26H32Cl2N2O6S/c1-26(2,3)36-25(33)30(4)23-10-8-17(15-6-9-20(27)21(28)13-15)18-12-16(7-11-24(31)32)22(14-19(18)23)29-37(5,34)35/h6,9,12-14,17,23,29H,7-8,10-11H2,1-5H3,(H,31,32)/t17-,23-/m0/s1. The van der Waals surface area contributed by atoms with Crippen LogP contribution >= 0.6 is 23.2 Å².